The number of ketones is 1. The molecule has 1 amide bonds. The van der Waals surface area contributed by atoms with Crippen LogP contribution in [0.5, 0.6) is 0 Å². The van der Waals surface area contributed by atoms with Crippen LogP contribution >= 0.6 is 0 Å². The number of hydrogen-bond donors (Lipinski definition) is 1. The molecule has 96 valence electrons. The van der Waals surface area contributed by atoms with Crippen LogP contribution in [-0.4, -0.2) is 30.8 Å². The highest BCUT2D eigenvalue weighted by Crippen LogP contribution is 2.22. The van der Waals surface area contributed by atoms with Crippen molar-refractivity contribution in [2.75, 3.05) is 18.0 Å². The van der Waals surface area contributed by atoms with Gasteiger partial charge in [0.1, 0.15) is 0 Å². The van der Waals surface area contributed by atoms with Crippen molar-refractivity contribution in [3.05, 3.63) is 29.8 Å². The molecule has 2 rings (SSSR count). The van der Waals surface area contributed by atoms with Crippen LogP contribution < -0.4 is 10.2 Å². The van der Waals surface area contributed by atoms with Crippen LogP contribution in [0.4, 0.5) is 5.69 Å². The van der Waals surface area contributed by atoms with Crippen molar-refractivity contribution < 1.29 is 9.59 Å². The monoisotopic (exact) mass is 246 g/mol. The zero-order valence-electron chi connectivity index (χ0n) is 10.8. The van der Waals surface area contributed by atoms with Crippen LogP contribution in [0, 0.1) is 0 Å². The second-order valence-electron chi connectivity index (χ2n) is 4.57. The van der Waals surface area contributed by atoms with Crippen LogP contribution in [0.2, 0.25) is 0 Å². The number of Topliss-reactive ketones (excluding diaryl/α,β-unsaturated/α-hetero) is 1. The first kappa shape index (κ1) is 12.8. The Hall–Kier alpha value is -1.68. The van der Waals surface area contributed by atoms with Crippen LogP contribution in [0.25, 0.3) is 0 Å². The molecule has 18 heavy (non-hydrogen) atoms. The molecule has 4 heteroatoms. The molecule has 0 aromatic heterocycles. The first-order valence-corrected chi connectivity index (χ1v) is 6.26. The molecule has 4 nitrogen and oxygen atoms in total. The smallest absolute Gasteiger partial charge is 0.228 e. The van der Waals surface area contributed by atoms with Gasteiger partial charge in [-0.15, -0.1) is 0 Å². The molecule has 1 N–H and O–H groups in total. The fraction of sp³-hybridized carbons (Fsp3) is 0.429. The third-order valence-electron chi connectivity index (χ3n) is 3.18. The predicted molar refractivity (Wildman–Crippen MR) is 70.9 cm³/mol. The minimum atomic E-state index is 0.0201. The van der Waals surface area contributed by atoms with E-state index in [9.17, 15) is 9.59 Å². The molecular weight excluding hydrogens is 228 g/mol. The van der Waals surface area contributed by atoms with E-state index in [4.69, 9.17) is 0 Å². The summed E-state index contributed by atoms with van der Waals surface area (Å²) in [5, 5.41) is 3.28. The summed E-state index contributed by atoms with van der Waals surface area (Å²) in [5.74, 6) is 0.133. The molecule has 1 aliphatic heterocycles. The Morgan fingerprint density at radius 3 is 2.94 bits per heavy atom. The first-order valence-electron chi connectivity index (χ1n) is 6.26. The topological polar surface area (TPSA) is 49.4 Å². The van der Waals surface area contributed by atoms with Gasteiger partial charge in [0, 0.05) is 30.3 Å². The van der Waals surface area contributed by atoms with Crippen LogP contribution in [-0.2, 0) is 4.79 Å². The van der Waals surface area contributed by atoms with Gasteiger partial charge in [-0.2, -0.15) is 0 Å². The number of benzene rings is 1. The zero-order chi connectivity index (χ0) is 13.1. The van der Waals surface area contributed by atoms with Gasteiger partial charge in [-0.05, 0) is 25.6 Å². The highest BCUT2D eigenvalue weighted by atomic mass is 16.2. The molecule has 1 aromatic carbocycles. The molecule has 0 saturated carbocycles. The molecule has 0 radical (unpaired) electrons. The van der Waals surface area contributed by atoms with Gasteiger partial charge in [0.2, 0.25) is 5.91 Å². The molecule has 1 aromatic rings. The van der Waals surface area contributed by atoms with Crippen molar-refractivity contribution in [3.63, 3.8) is 0 Å². The second kappa shape index (κ2) is 5.31. The summed E-state index contributed by atoms with van der Waals surface area (Å²) in [7, 11) is 0. The molecular formula is C14H18N2O2. The van der Waals surface area contributed by atoms with Crippen molar-refractivity contribution in [2.45, 2.75) is 26.3 Å². The fourth-order valence-corrected chi connectivity index (χ4v) is 2.28. The normalized spacial score (nSPS) is 19.3. The van der Waals surface area contributed by atoms with Gasteiger partial charge in [-0.3, -0.25) is 9.59 Å². The van der Waals surface area contributed by atoms with Crippen LogP contribution in [0.3, 0.4) is 0 Å². The quantitative estimate of drug-likeness (QED) is 0.821. The summed E-state index contributed by atoms with van der Waals surface area (Å²) in [6.45, 7) is 5.10. The third kappa shape index (κ3) is 2.59. The lowest BCUT2D eigenvalue weighted by molar-refractivity contribution is -0.117. The van der Waals surface area contributed by atoms with Gasteiger partial charge >= 0.3 is 0 Å². The minimum absolute atomic E-state index is 0.0201. The van der Waals surface area contributed by atoms with E-state index in [-0.39, 0.29) is 17.7 Å². The maximum Gasteiger partial charge on any atom is 0.228 e. The molecule has 1 fully saturated rings. The lowest BCUT2D eigenvalue weighted by Crippen LogP contribution is -2.32. The maximum atomic E-state index is 11.9. The number of carbonyl (C=O) groups is 2. The van der Waals surface area contributed by atoms with Crippen molar-refractivity contribution in [1.29, 1.82) is 0 Å². The van der Waals surface area contributed by atoms with E-state index < -0.39 is 0 Å². The molecule has 1 atom stereocenters. The Kier molecular flexibility index (Phi) is 3.77. The number of carbonyl (C=O) groups excluding carboxylic acids is 2. The van der Waals surface area contributed by atoms with Gasteiger partial charge in [0.05, 0.1) is 0 Å². The summed E-state index contributed by atoms with van der Waals surface area (Å²) in [5.41, 5.74) is 1.46. The molecule has 1 heterocycles. The fourth-order valence-electron chi connectivity index (χ4n) is 2.28. The van der Waals surface area contributed by atoms with Crippen molar-refractivity contribution in [1.82, 2.24) is 5.32 Å². The number of nitrogens with zero attached hydrogens (tertiary/aromatic N) is 1. The summed E-state index contributed by atoms with van der Waals surface area (Å²) < 4.78 is 0. The average molecular weight is 246 g/mol. The van der Waals surface area contributed by atoms with Crippen LogP contribution in [0.15, 0.2) is 24.3 Å². The lowest BCUT2D eigenvalue weighted by Gasteiger charge is -2.17. The highest BCUT2D eigenvalue weighted by molar-refractivity contribution is 5.99. The predicted octanol–water partition coefficient (Wildman–Crippen LogP) is 1.60. The van der Waals surface area contributed by atoms with E-state index >= 15 is 0 Å². The Balaban J connectivity index is 2.19. The van der Waals surface area contributed by atoms with Crippen molar-refractivity contribution >= 4 is 17.4 Å². The third-order valence-corrected chi connectivity index (χ3v) is 3.18. The maximum absolute atomic E-state index is 11.9. The number of rotatable bonds is 4. The van der Waals surface area contributed by atoms with E-state index in [0.29, 0.717) is 18.5 Å². The van der Waals surface area contributed by atoms with Crippen molar-refractivity contribution in [3.8, 4) is 0 Å². The van der Waals surface area contributed by atoms with Crippen LogP contribution in [0.1, 0.15) is 30.6 Å². The largest absolute Gasteiger partial charge is 0.312 e. The number of hydrogen-bond acceptors (Lipinski definition) is 3. The van der Waals surface area contributed by atoms with Gasteiger partial charge in [0.25, 0.3) is 0 Å². The molecule has 0 bridgehead atoms. The van der Waals surface area contributed by atoms with E-state index in [1.54, 1.807) is 17.0 Å². The summed E-state index contributed by atoms with van der Waals surface area (Å²) in [6, 6.07) is 7.46. The van der Waals surface area contributed by atoms with E-state index in [2.05, 4.69) is 5.32 Å². The van der Waals surface area contributed by atoms with E-state index in [0.717, 1.165) is 12.2 Å². The minimum Gasteiger partial charge on any atom is -0.312 e. The van der Waals surface area contributed by atoms with Crippen molar-refractivity contribution in [2.24, 2.45) is 0 Å². The first-order chi connectivity index (χ1) is 8.61. The van der Waals surface area contributed by atoms with Gasteiger partial charge in [0.15, 0.2) is 5.78 Å². The Labute approximate surface area is 107 Å². The lowest BCUT2D eigenvalue weighted by atomic mass is 10.1. The second-order valence-corrected chi connectivity index (χ2v) is 4.57. The molecule has 0 spiro atoms. The van der Waals surface area contributed by atoms with Gasteiger partial charge < -0.3 is 10.2 Å². The zero-order valence-corrected chi connectivity index (χ0v) is 10.8. The average Bonchev–Trinajstić information content (AvgIpc) is 2.71. The Morgan fingerprint density at radius 2 is 2.28 bits per heavy atom. The SMILES string of the molecule is CCNC1CC(=O)N(c2cccc(C(C)=O)c2)C1. The number of likely N-dealkylation sites (N-methyl/N-ethyl adjacent to an activating group) is 1. The van der Waals surface area contributed by atoms with E-state index in [1.165, 1.54) is 6.92 Å². The Morgan fingerprint density at radius 1 is 1.50 bits per heavy atom. The standard InChI is InChI=1S/C14H18N2O2/c1-3-15-12-8-14(18)16(9-12)13-6-4-5-11(7-13)10(2)17/h4-7,12,15H,3,8-9H2,1-2H3. The molecule has 1 saturated heterocycles. The number of amides is 1. The number of nitrogens with one attached hydrogen (secondary N) is 1. The number of anilines is 1. The highest BCUT2D eigenvalue weighted by Gasteiger charge is 2.29. The molecule has 1 unspecified atom stereocenters. The van der Waals surface area contributed by atoms with E-state index in [1.807, 2.05) is 19.1 Å². The molecule has 1 aliphatic rings. The summed E-state index contributed by atoms with van der Waals surface area (Å²) in [6.07, 6.45) is 0.526. The van der Waals surface area contributed by atoms with Gasteiger partial charge in [-0.1, -0.05) is 19.1 Å². The van der Waals surface area contributed by atoms with Gasteiger partial charge in [-0.25, -0.2) is 0 Å². The molecule has 0 aliphatic carbocycles. The summed E-state index contributed by atoms with van der Waals surface area (Å²) in [4.78, 5) is 25.0. The summed E-state index contributed by atoms with van der Waals surface area (Å²) >= 11 is 0. The Bertz CT molecular complexity index is 471.